The summed E-state index contributed by atoms with van der Waals surface area (Å²) in [6.07, 6.45) is 1.02. The predicted octanol–water partition coefficient (Wildman–Crippen LogP) is 1.85. The monoisotopic (exact) mass is 202 g/mol. The van der Waals surface area contributed by atoms with E-state index in [0.29, 0.717) is 18.8 Å². The van der Waals surface area contributed by atoms with Gasteiger partial charge in [-0.05, 0) is 27.7 Å². The maximum absolute atomic E-state index is 11.1. The second-order valence-corrected chi connectivity index (χ2v) is 2.68. The second kappa shape index (κ2) is 7.38. The lowest BCUT2D eigenvalue weighted by Crippen LogP contribution is -2.11. The Morgan fingerprint density at radius 3 is 2.50 bits per heavy atom. The summed E-state index contributed by atoms with van der Waals surface area (Å²) in [7, 11) is 0. The predicted molar refractivity (Wildman–Crippen MR) is 52.6 cm³/mol. The van der Waals surface area contributed by atoms with Crippen molar-refractivity contribution in [1.82, 2.24) is 0 Å². The van der Waals surface area contributed by atoms with Gasteiger partial charge >= 0.3 is 5.97 Å². The van der Waals surface area contributed by atoms with E-state index in [1.54, 1.807) is 20.8 Å². The Kier molecular flexibility index (Phi) is 6.84. The standard InChI is InChI=1S/C10H18O4/c1-5-12-9(4)14-7-8(3)10(11)13-6-2/h7,9H,5-6H2,1-4H3. The molecule has 0 spiro atoms. The fourth-order valence-corrected chi connectivity index (χ4v) is 0.765. The lowest BCUT2D eigenvalue weighted by Gasteiger charge is -2.11. The van der Waals surface area contributed by atoms with Gasteiger partial charge in [-0.25, -0.2) is 4.79 Å². The molecule has 0 bridgehead atoms. The lowest BCUT2D eigenvalue weighted by atomic mass is 10.3. The van der Waals surface area contributed by atoms with Crippen LogP contribution in [0.3, 0.4) is 0 Å². The first-order valence-electron chi connectivity index (χ1n) is 4.72. The van der Waals surface area contributed by atoms with Gasteiger partial charge < -0.3 is 14.2 Å². The van der Waals surface area contributed by atoms with Crippen molar-refractivity contribution in [3.8, 4) is 0 Å². The Hall–Kier alpha value is -1.03. The largest absolute Gasteiger partial charge is 0.472 e. The van der Waals surface area contributed by atoms with Crippen molar-refractivity contribution >= 4 is 5.97 Å². The Morgan fingerprint density at radius 2 is 2.00 bits per heavy atom. The highest BCUT2D eigenvalue weighted by molar-refractivity contribution is 5.87. The SMILES string of the molecule is CCOC(=O)C(C)=COC(C)OCC. The van der Waals surface area contributed by atoms with E-state index in [2.05, 4.69) is 0 Å². The quantitative estimate of drug-likeness (QED) is 0.285. The molecule has 4 nitrogen and oxygen atoms in total. The molecule has 0 saturated heterocycles. The molecule has 0 aliphatic carbocycles. The average Bonchev–Trinajstić information content (AvgIpc) is 2.15. The number of carbonyl (C=O) groups excluding carboxylic acids is 1. The zero-order chi connectivity index (χ0) is 11.0. The maximum Gasteiger partial charge on any atom is 0.336 e. The third-order valence-electron chi connectivity index (χ3n) is 1.44. The summed E-state index contributed by atoms with van der Waals surface area (Å²) in [6, 6.07) is 0. The summed E-state index contributed by atoms with van der Waals surface area (Å²) in [6.45, 7) is 7.98. The van der Waals surface area contributed by atoms with Crippen LogP contribution < -0.4 is 0 Å². The fraction of sp³-hybridized carbons (Fsp3) is 0.700. The summed E-state index contributed by atoms with van der Waals surface area (Å²) < 4.78 is 15.0. The number of hydrogen-bond donors (Lipinski definition) is 0. The van der Waals surface area contributed by atoms with Crippen LogP contribution in [0, 0.1) is 0 Å². The molecule has 0 aromatic rings. The minimum absolute atomic E-state index is 0.343. The highest BCUT2D eigenvalue weighted by Gasteiger charge is 2.05. The first-order valence-corrected chi connectivity index (χ1v) is 4.72. The molecule has 0 aromatic carbocycles. The van der Waals surface area contributed by atoms with Gasteiger partial charge in [0.2, 0.25) is 0 Å². The molecule has 0 radical (unpaired) electrons. The van der Waals surface area contributed by atoms with E-state index >= 15 is 0 Å². The Morgan fingerprint density at radius 1 is 1.36 bits per heavy atom. The number of esters is 1. The van der Waals surface area contributed by atoms with Gasteiger partial charge in [-0.15, -0.1) is 0 Å². The smallest absolute Gasteiger partial charge is 0.336 e. The highest BCUT2D eigenvalue weighted by Crippen LogP contribution is 2.01. The van der Waals surface area contributed by atoms with Crippen molar-refractivity contribution in [2.75, 3.05) is 13.2 Å². The van der Waals surface area contributed by atoms with Crippen LogP contribution in [0.15, 0.2) is 11.8 Å². The zero-order valence-electron chi connectivity index (χ0n) is 9.20. The van der Waals surface area contributed by atoms with E-state index in [1.165, 1.54) is 6.26 Å². The van der Waals surface area contributed by atoms with Gasteiger partial charge in [0.1, 0.15) is 0 Å². The van der Waals surface area contributed by atoms with E-state index in [1.807, 2.05) is 6.92 Å². The third kappa shape index (κ3) is 5.59. The van der Waals surface area contributed by atoms with Crippen LogP contribution in [0.5, 0.6) is 0 Å². The van der Waals surface area contributed by atoms with Gasteiger partial charge in [0.25, 0.3) is 0 Å². The molecule has 0 rings (SSSR count). The summed E-state index contributed by atoms with van der Waals surface area (Å²) in [5, 5.41) is 0. The Bertz CT molecular complexity index is 198. The summed E-state index contributed by atoms with van der Waals surface area (Å²) >= 11 is 0. The summed E-state index contributed by atoms with van der Waals surface area (Å²) in [5.74, 6) is -0.365. The maximum atomic E-state index is 11.1. The number of carbonyl (C=O) groups is 1. The minimum Gasteiger partial charge on any atom is -0.472 e. The lowest BCUT2D eigenvalue weighted by molar-refractivity contribution is -0.139. The van der Waals surface area contributed by atoms with E-state index < -0.39 is 0 Å². The molecular weight excluding hydrogens is 184 g/mol. The van der Waals surface area contributed by atoms with Crippen LogP contribution in [0.4, 0.5) is 0 Å². The topological polar surface area (TPSA) is 44.8 Å². The molecule has 0 aliphatic heterocycles. The Balaban J connectivity index is 3.91. The molecule has 0 fully saturated rings. The number of rotatable bonds is 6. The van der Waals surface area contributed by atoms with Gasteiger partial charge in [-0.1, -0.05) is 0 Å². The van der Waals surface area contributed by atoms with Crippen LogP contribution in [-0.4, -0.2) is 25.5 Å². The van der Waals surface area contributed by atoms with Gasteiger partial charge in [0.05, 0.1) is 18.4 Å². The van der Waals surface area contributed by atoms with Crippen LogP contribution >= 0.6 is 0 Å². The molecule has 0 aliphatic rings. The molecule has 4 heteroatoms. The molecule has 0 saturated carbocycles. The van der Waals surface area contributed by atoms with Crippen molar-refractivity contribution in [3.05, 3.63) is 11.8 Å². The third-order valence-corrected chi connectivity index (χ3v) is 1.44. The fourth-order valence-electron chi connectivity index (χ4n) is 0.765. The Labute approximate surface area is 84.8 Å². The summed E-state index contributed by atoms with van der Waals surface area (Å²) in [5.41, 5.74) is 0.429. The van der Waals surface area contributed by atoms with Crippen LogP contribution in [0.2, 0.25) is 0 Å². The molecule has 82 valence electrons. The highest BCUT2D eigenvalue weighted by atomic mass is 16.7. The van der Waals surface area contributed by atoms with Crippen LogP contribution in [0.25, 0.3) is 0 Å². The number of ether oxygens (including phenoxy) is 3. The van der Waals surface area contributed by atoms with Crippen molar-refractivity contribution in [1.29, 1.82) is 0 Å². The molecule has 14 heavy (non-hydrogen) atoms. The van der Waals surface area contributed by atoms with E-state index in [4.69, 9.17) is 14.2 Å². The van der Waals surface area contributed by atoms with Gasteiger partial charge in [-0.3, -0.25) is 0 Å². The van der Waals surface area contributed by atoms with E-state index in [0.717, 1.165) is 0 Å². The molecule has 0 amide bonds. The molecular formula is C10H18O4. The van der Waals surface area contributed by atoms with Crippen molar-refractivity contribution in [2.24, 2.45) is 0 Å². The average molecular weight is 202 g/mol. The van der Waals surface area contributed by atoms with Crippen molar-refractivity contribution < 1.29 is 19.0 Å². The first-order chi connectivity index (χ1) is 6.61. The van der Waals surface area contributed by atoms with Crippen molar-refractivity contribution in [2.45, 2.75) is 34.0 Å². The molecule has 0 aromatic heterocycles. The van der Waals surface area contributed by atoms with E-state index in [-0.39, 0.29) is 12.3 Å². The summed E-state index contributed by atoms with van der Waals surface area (Å²) in [4.78, 5) is 11.1. The second-order valence-electron chi connectivity index (χ2n) is 2.68. The van der Waals surface area contributed by atoms with Crippen LogP contribution in [-0.2, 0) is 19.0 Å². The zero-order valence-corrected chi connectivity index (χ0v) is 9.20. The van der Waals surface area contributed by atoms with Gasteiger partial charge in [0, 0.05) is 6.61 Å². The van der Waals surface area contributed by atoms with Gasteiger partial charge in [0.15, 0.2) is 6.29 Å². The molecule has 0 N–H and O–H groups in total. The molecule has 1 unspecified atom stereocenters. The molecule has 1 atom stereocenters. The van der Waals surface area contributed by atoms with Crippen molar-refractivity contribution in [3.63, 3.8) is 0 Å². The van der Waals surface area contributed by atoms with E-state index in [9.17, 15) is 4.79 Å². The van der Waals surface area contributed by atoms with Crippen LogP contribution in [0.1, 0.15) is 27.7 Å². The molecule has 0 heterocycles. The minimum atomic E-state index is -0.365. The first kappa shape index (κ1) is 13.0. The number of hydrogen-bond acceptors (Lipinski definition) is 4. The normalized spacial score (nSPS) is 13.6. The van der Waals surface area contributed by atoms with Gasteiger partial charge in [-0.2, -0.15) is 0 Å².